The summed E-state index contributed by atoms with van der Waals surface area (Å²) >= 11 is 0. The molecule has 1 aromatic heterocycles. The first kappa shape index (κ1) is 6.69. The van der Waals surface area contributed by atoms with Gasteiger partial charge in [0, 0.05) is 0 Å². The van der Waals surface area contributed by atoms with Gasteiger partial charge in [-0.15, -0.1) is 0 Å². The van der Waals surface area contributed by atoms with E-state index in [1.165, 1.54) is 12.5 Å². The summed E-state index contributed by atoms with van der Waals surface area (Å²) in [7, 11) is 0. The molecule has 1 saturated heterocycles. The van der Waals surface area contributed by atoms with Gasteiger partial charge in [-0.05, 0) is 6.92 Å². The van der Waals surface area contributed by atoms with Crippen LogP contribution in [-0.4, -0.2) is 6.29 Å². The Kier molecular flexibility index (Phi) is 1.37. The van der Waals surface area contributed by atoms with Gasteiger partial charge in [0.15, 0.2) is 12.6 Å². The van der Waals surface area contributed by atoms with Crippen molar-refractivity contribution < 1.29 is 13.9 Å². The zero-order chi connectivity index (χ0) is 7.84. The molecule has 0 saturated carbocycles. The van der Waals surface area contributed by atoms with Crippen molar-refractivity contribution in [2.45, 2.75) is 19.5 Å². The maximum absolute atomic E-state index is 5.54. The van der Waals surface area contributed by atoms with Gasteiger partial charge in [-0.2, -0.15) is 0 Å². The van der Waals surface area contributed by atoms with E-state index in [1.807, 2.05) is 6.92 Å². The Morgan fingerprint density at radius 1 is 1.36 bits per heavy atom. The fourth-order valence-corrected chi connectivity index (χ4v) is 1.01. The molecule has 4 heteroatoms. The van der Waals surface area contributed by atoms with Crippen molar-refractivity contribution in [1.82, 2.24) is 0 Å². The van der Waals surface area contributed by atoms with E-state index in [9.17, 15) is 0 Å². The van der Waals surface area contributed by atoms with Crippen LogP contribution in [0.4, 0.5) is 5.69 Å². The van der Waals surface area contributed by atoms with Gasteiger partial charge in [-0.25, -0.2) is 0 Å². The molecule has 1 aliphatic rings. The third-order valence-corrected chi connectivity index (χ3v) is 1.61. The minimum absolute atomic E-state index is 0.130. The number of hydrogen-bond donors (Lipinski definition) is 1. The molecule has 1 aromatic rings. The Labute approximate surface area is 63.9 Å². The van der Waals surface area contributed by atoms with E-state index in [0.29, 0.717) is 5.69 Å². The van der Waals surface area contributed by atoms with Crippen molar-refractivity contribution in [2.75, 3.05) is 5.73 Å². The third kappa shape index (κ3) is 1.00. The van der Waals surface area contributed by atoms with Crippen LogP contribution >= 0.6 is 0 Å². The Bertz CT molecular complexity index is 252. The van der Waals surface area contributed by atoms with Crippen molar-refractivity contribution in [3.63, 3.8) is 0 Å². The summed E-state index contributed by atoms with van der Waals surface area (Å²) in [6.07, 6.45) is 2.54. The fraction of sp³-hybridized carbons (Fsp3) is 0.429. The van der Waals surface area contributed by atoms with Crippen molar-refractivity contribution in [3.05, 3.63) is 18.1 Å². The summed E-state index contributed by atoms with van der Waals surface area (Å²) in [5, 5.41) is 0. The molecular weight excluding hydrogens is 146 g/mol. The fourth-order valence-electron chi connectivity index (χ4n) is 1.01. The van der Waals surface area contributed by atoms with Crippen LogP contribution in [0, 0.1) is 0 Å². The summed E-state index contributed by atoms with van der Waals surface area (Å²) in [6, 6.07) is 0. The highest BCUT2D eigenvalue weighted by Crippen LogP contribution is 2.34. The van der Waals surface area contributed by atoms with Crippen LogP contribution in [0.25, 0.3) is 0 Å². The summed E-state index contributed by atoms with van der Waals surface area (Å²) in [4.78, 5) is 0. The van der Waals surface area contributed by atoms with Gasteiger partial charge in [-0.3, -0.25) is 0 Å². The van der Waals surface area contributed by atoms with Crippen LogP contribution < -0.4 is 5.73 Å². The SMILES string of the molecule is CC1OC(c2cocc2N)O1. The molecule has 2 N–H and O–H groups in total. The highest BCUT2D eigenvalue weighted by atomic mass is 16.9. The lowest BCUT2D eigenvalue weighted by Crippen LogP contribution is -2.31. The minimum Gasteiger partial charge on any atom is -0.470 e. The van der Waals surface area contributed by atoms with Gasteiger partial charge in [0.25, 0.3) is 0 Å². The average molecular weight is 155 g/mol. The maximum Gasteiger partial charge on any atom is 0.194 e. The van der Waals surface area contributed by atoms with Crippen molar-refractivity contribution in [3.8, 4) is 0 Å². The molecule has 2 heterocycles. The Morgan fingerprint density at radius 2 is 2.09 bits per heavy atom. The minimum atomic E-state index is -0.330. The number of nitrogens with two attached hydrogens (primary N) is 1. The predicted octanol–water partition coefficient (Wildman–Crippen LogP) is 1.25. The van der Waals surface area contributed by atoms with E-state index < -0.39 is 0 Å². The summed E-state index contributed by atoms with van der Waals surface area (Å²) in [5.74, 6) is 0. The predicted molar refractivity (Wildman–Crippen MR) is 37.5 cm³/mol. The van der Waals surface area contributed by atoms with E-state index in [4.69, 9.17) is 19.6 Å². The Morgan fingerprint density at radius 3 is 2.55 bits per heavy atom. The zero-order valence-electron chi connectivity index (χ0n) is 6.11. The molecular formula is C7H9NO3. The second-order valence-corrected chi connectivity index (χ2v) is 2.45. The largest absolute Gasteiger partial charge is 0.470 e. The second kappa shape index (κ2) is 2.25. The van der Waals surface area contributed by atoms with Gasteiger partial charge in [-0.1, -0.05) is 0 Å². The third-order valence-electron chi connectivity index (χ3n) is 1.61. The van der Waals surface area contributed by atoms with E-state index in [0.717, 1.165) is 5.56 Å². The topological polar surface area (TPSA) is 57.6 Å². The molecule has 0 amide bonds. The molecule has 4 nitrogen and oxygen atoms in total. The quantitative estimate of drug-likeness (QED) is 0.663. The maximum atomic E-state index is 5.54. The number of furan rings is 1. The molecule has 1 fully saturated rings. The van der Waals surface area contributed by atoms with E-state index >= 15 is 0 Å². The van der Waals surface area contributed by atoms with E-state index in [2.05, 4.69) is 0 Å². The molecule has 11 heavy (non-hydrogen) atoms. The molecule has 0 aromatic carbocycles. The second-order valence-electron chi connectivity index (χ2n) is 2.45. The van der Waals surface area contributed by atoms with Crippen molar-refractivity contribution in [1.29, 1.82) is 0 Å². The first-order chi connectivity index (χ1) is 5.27. The van der Waals surface area contributed by atoms with Gasteiger partial charge < -0.3 is 19.6 Å². The lowest BCUT2D eigenvalue weighted by Gasteiger charge is -2.33. The first-order valence-electron chi connectivity index (χ1n) is 3.40. The van der Waals surface area contributed by atoms with Gasteiger partial charge in [0.2, 0.25) is 0 Å². The molecule has 0 atom stereocenters. The lowest BCUT2D eigenvalue weighted by atomic mass is 10.2. The van der Waals surface area contributed by atoms with Crippen molar-refractivity contribution in [2.24, 2.45) is 0 Å². The number of rotatable bonds is 1. The first-order valence-corrected chi connectivity index (χ1v) is 3.40. The molecule has 0 radical (unpaired) electrons. The smallest absolute Gasteiger partial charge is 0.194 e. The molecule has 0 unspecified atom stereocenters. The van der Waals surface area contributed by atoms with Crippen LogP contribution in [0.3, 0.4) is 0 Å². The molecule has 0 bridgehead atoms. The van der Waals surface area contributed by atoms with Crippen molar-refractivity contribution >= 4 is 5.69 Å². The van der Waals surface area contributed by atoms with E-state index in [-0.39, 0.29) is 12.6 Å². The standard InChI is InChI=1S/C7H9NO3/c1-4-10-7(11-4)5-2-9-3-6(5)8/h2-4,7H,8H2,1H3. The van der Waals surface area contributed by atoms with Crippen LogP contribution in [0.15, 0.2) is 16.9 Å². The Hall–Kier alpha value is -1.00. The number of nitrogen functional groups attached to an aromatic ring is 1. The van der Waals surface area contributed by atoms with Gasteiger partial charge >= 0.3 is 0 Å². The van der Waals surface area contributed by atoms with Crippen LogP contribution in [0.1, 0.15) is 18.8 Å². The molecule has 0 aliphatic carbocycles. The van der Waals surface area contributed by atoms with Crippen LogP contribution in [0.2, 0.25) is 0 Å². The summed E-state index contributed by atoms with van der Waals surface area (Å²) in [5.41, 5.74) is 6.88. The molecule has 0 spiro atoms. The van der Waals surface area contributed by atoms with Gasteiger partial charge in [0.05, 0.1) is 11.3 Å². The molecule has 2 rings (SSSR count). The van der Waals surface area contributed by atoms with Gasteiger partial charge in [0.1, 0.15) is 12.5 Å². The lowest BCUT2D eigenvalue weighted by molar-refractivity contribution is -0.382. The number of hydrogen-bond acceptors (Lipinski definition) is 4. The highest BCUT2D eigenvalue weighted by molar-refractivity contribution is 5.43. The number of ether oxygens (including phenoxy) is 2. The van der Waals surface area contributed by atoms with Crippen LogP contribution in [-0.2, 0) is 9.47 Å². The normalized spacial score (nSPS) is 29.9. The van der Waals surface area contributed by atoms with Crippen LogP contribution in [0.5, 0.6) is 0 Å². The molecule has 60 valence electrons. The highest BCUT2D eigenvalue weighted by Gasteiger charge is 2.30. The summed E-state index contributed by atoms with van der Waals surface area (Å²) in [6.45, 7) is 1.83. The number of anilines is 1. The average Bonchev–Trinajstić information content (AvgIpc) is 2.29. The zero-order valence-corrected chi connectivity index (χ0v) is 6.11. The monoisotopic (exact) mass is 155 g/mol. The Balaban J connectivity index is 2.12. The van der Waals surface area contributed by atoms with E-state index in [1.54, 1.807) is 0 Å². The molecule has 1 aliphatic heterocycles. The summed E-state index contributed by atoms with van der Waals surface area (Å²) < 4.78 is 15.3.